The molecule has 0 bridgehead atoms. The van der Waals surface area contributed by atoms with Gasteiger partial charge in [0.2, 0.25) is 5.75 Å². The van der Waals surface area contributed by atoms with Crippen LogP contribution in [0.3, 0.4) is 0 Å². The number of methoxy groups -OCH3 is 3. The van der Waals surface area contributed by atoms with Crippen molar-refractivity contribution in [2.24, 2.45) is 0 Å². The summed E-state index contributed by atoms with van der Waals surface area (Å²) in [5.41, 5.74) is 3.00. The number of aromatic nitrogens is 2. The predicted octanol–water partition coefficient (Wildman–Crippen LogP) is 2.84. The summed E-state index contributed by atoms with van der Waals surface area (Å²) in [7, 11) is 4.82. The Morgan fingerprint density at radius 2 is 1.89 bits per heavy atom. The lowest BCUT2D eigenvalue weighted by molar-refractivity contribution is 0.112. The van der Waals surface area contributed by atoms with Gasteiger partial charge in [-0.05, 0) is 37.9 Å². The van der Waals surface area contributed by atoms with Crippen LogP contribution in [0, 0.1) is 0 Å². The second-order valence-corrected chi connectivity index (χ2v) is 6.82. The maximum Gasteiger partial charge on any atom is 0.203 e. The quantitative estimate of drug-likeness (QED) is 0.739. The fourth-order valence-electron chi connectivity index (χ4n) is 3.87. The molecule has 0 amide bonds. The summed E-state index contributed by atoms with van der Waals surface area (Å²) < 4.78 is 16.4. The molecule has 1 saturated heterocycles. The largest absolute Gasteiger partial charge is 0.493 e. The lowest BCUT2D eigenvalue weighted by Gasteiger charge is -2.35. The van der Waals surface area contributed by atoms with E-state index in [1.807, 2.05) is 18.3 Å². The van der Waals surface area contributed by atoms with Gasteiger partial charge in [0.1, 0.15) is 0 Å². The minimum Gasteiger partial charge on any atom is -0.493 e. The molecule has 0 saturated carbocycles. The predicted molar refractivity (Wildman–Crippen MR) is 103 cm³/mol. The smallest absolute Gasteiger partial charge is 0.203 e. The van der Waals surface area contributed by atoms with Crippen LogP contribution in [0.2, 0.25) is 0 Å². The van der Waals surface area contributed by atoms with Crippen LogP contribution >= 0.6 is 0 Å². The third kappa shape index (κ3) is 4.20. The van der Waals surface area contributed by atoms with E-state index in [0.717, 1.165) is 42.8 Å². The van der Waals surface area contributed by atoms with Crippen LogP contribution in [-0.4, -0.2) is 60.7 Å². The number of aliphatic hydroxyl groups excluding tert-OH is 1. The van der Waals surface area contributed by atoms with Gasteiger partial charge in [0.25, 0.3) is 0 Å². The molecule has 2 N–H and O–H groups in total. The molecule has 1 aliphatic heterocycles. The van der Waals surface area contributed by atoms with Crippen molar-refractivity contribution in [2.75, 3.05) is 34.5 Å². The molecular formula is C20H29N3O4. The molecule has 27 heavy (non-hydrogen) atoms. The summed E-state index contributed by atoms with van der Waals surface area (Å²) >= 11 is 0. The van der Waals surface area contributed by atoms with Crippen molar-refractivity contribution < 1.29 is 19.3 Å². The molecule has 2 heterocycles. The maximum absolute atomic E-state index is 9.37. The molecule has 1 fully saturated rings. The summed E-state index contributed by atoms with van der Waals surface area (Å²) in [6.07, 6.45) is 6.25. The summed E-state index contributed by atoms with van der Waals surface area (Å²) in [5, 5.41) is 16.8. The van der Waals surface area contributed by atoms with E-state index in [0.29, 0.717) is 23.3 Å². The van der Waals surface area contributed by atoms with Gasteiger partial charge in [0.15, 0.2) is 11.5 Å². The number of ether oxygens (including phenoxy) is 3. The third-order valence-corrected chi connectivity index (χ3v) is 5.26. The van der Waals surface area contributed by atoms with Gasteiger partial charge in [-0.1, -0.05) is 6.42 Å². The number of benzene rings is 1. The minimum atomic E-state index is 0.228. The van der Waals surface area contributed by atoms with Crippen molar-refractivity contribution in [1.82, 2.24) is 15.1 Å². The first-order valence-corrected chi connectivity index (χ1v) is 9.39. The fourth-order valence-corrected chi connectivity index (χ4v) is 3.87. The van der Waals surface area contributed by atoms with Crippen molar-refractivity contribution in [3.8, 4) is 28.5 Å². The molecule has 1 aromatic carbocycles. The first-order valence-electron chi connectivity index (χ1n) is 9.39. The highest BCUT2D eigenvalue weighted by Gasteiger charge is 2.24. The van der Waals surface area contributed by atoms with Gasteiger partial charge in [-0.25, -0.2) is 0 Å². The summed E-state index contributed by atoms with van der Waals surface area (Å²) in [5.74, 6) is 1.80. The second-order valence-electron chi connectivity index (χ2n) is 6.82. The molecular weight excluding hydrogens is 346 g/mol. The molecule has 7 heteroatoms. The van der Waals surface area contributed by atoms with Crippen LogP contribution in [0.25, 0.3) is 11.3 Å². The lowest BCUT2D eigenvalue weighted by Crippen LogP contribution is -2.39. The first-order chi connectivity index (χ1) is 13.2. The van der Waals surface area contributed by atoms with E-state index in [1.165, 1.54) is 12.8 Å². The topological polar surface area (TPSA) is 79.8 Å². The minimum absolute atomic E-state index is 0.228. The third-order valence-electron chi connectivity index (χ3n) is 5.26. The lowest BCUT2D eigenvalue weighted by atomic mass is 9.98. The zero-order valence-corrected chi connectivity index (χ0v) is 16.3. The second kappa shape index (κ2) is 9.10. The Balaban J connectivity index is 1.90. The molecule has 1 unspecified atom stereocenters. The zero-order valence-electron chi connectivity index (χ0n) is 16.3. The number of nitrogens with zero attached hydrogens (tertiary/aromatic N) is 2. The molecule has 1 aromatic heterocycles. The van der Waals surface area contributed by atoms with Gasteiger partial charge in [0, 0.05) is 30.3 Å². The van der Waals surface area contributed by atoms with Crippen molar-refractivity contribution in [3.05, 3.63) is 23.9 Å². The number of hydrogen-bond donors (Lipinski definition) is 2. The van der Waals surface area contributed by atoms with Crippen LogP contribution in [0.5, 0.6) is 17.2 Å². The molecule has 1 aliphatic rings. The highest BCUT2D eigenvalue weighted by Crippen LogP contribution is 2.41. The number of aromatic amines is 1. The molecule has 3 rings (SSSR count). The zero-order chi connectivity index (χ0) is 19.2. The number of piperidine rings is 1. The van der Waals surface area contributed by atoms with Crippen LogP contribution in [-0.2, 0) is 6.54 Å². The number of aliphatic hydroxyl groups is 1. The Hall–Kier alpha value is -2.25. The molecule has 0 spiro atoms. The molecule has 7 nitrogen and oxygen atoms in total. The summed E-state index contributed by atoms with van der Waals surface area (Å²) in [6.45, 7) is 2.07. The van der Waals surface area contributed by atoms with Crippen LogP contribution in [0.1, 0.15) is 31.2 Å². The molecule has 0 radical (unpaired) electrons. The van der Waals surface area contributed by atoms with Gasteiger partial charge in [-0.3, -0.25) is 10.00 Å². The number of hydrogen-bond acceptors (Lipinski definition) is 6. The Bertz CT molecular complexity index is 720. The Morgan fingerprint density at radius 1 is 1.15 bits per heavy atom. The first kappa shape index (κ1) is 19.5. The number of nitrogens with one attached hydrogen (secondary N) is 1. The van der Waals surface area contributed by atoms with E-state index in [9.17, 15) is 5.11 Å². The van der Waals surface area contributed by atoms with Gasteiger partial charge >= 0.3 is 0 Å². The standard InChI is InChI=1S/C20H29N3O4/c1-25-17-10-14(11-18(26-2)20(17)27-3)19-15(12-21-22-19)13-23-8-5-4-6-16(23)7-9-24/h10-12,16,24H,4-9,13H2,1-3H3,(H,21,22). The van der Waals surface area contributed by atoms with Crippen molar-refractivity contribution >= 4 is 0 Å². The normalized spacial score (nSPS) is 17.7. The SMILES string of the molecule is COc1cc(-c2[nH]ncc2CN2CCCCC2CCO)cc(OC)c1OC. The molecule has 148 valence electrons. The van der Waals surface area contributed by atoms with E-state index in [2.05, 4.69) is 15.1 Å². The Kier molecular flexibility index (Phi) is 6.58. The van der Waals surface area contributed by atoms with Crippen LogP contribution in [0.4, 0.5) is 0 Å². The van der Waals surface area contributed by atoms with Crippen LogP contribution in [0.15, 0.2) is 18.3 Å². The van der Waals surface area contributed by atoms with E-state index in [4.69, 9.17) is 14.2 Å². The average molecular weight is 375 g/mol. The van der Waals surface area contributed by atoms with E-state index >= 15 is 0 Å². The number of H-pyrrole nitrogens is 1. The fraction of sp³-hybridized carbons (Fsp3) is 0.550. The Morgan fingerprint density at radius 3 is 2.52 bits per heavy atom. The summed E-state index contributed by atoms with van der Waals surface area (Å²) in [4.78, 5) is 2.45. The van der Waals surface area contributed by atoms with Gasteiger partial charge in [-0.2, -0.15) is 5.10 Å². The van der Waals surface area contributed by atoms with Crippen molar-refractivity contribution in [2.45, 2.75) is 38.3 Å². The Labute approximate surface area is 160 Å². The molecule has 1 atom stereocenters. The maximum atomic E-state index is 9.37. The molecule has 2 aromatic rings. The van der Waals surface area contributed by atoms with E-state index < -0.39 is 0 Å². The van der Waals surface area contributed by atoms with E-state index in [-0.39, 0.29) is 6.61 Å². The summed E-state index contributed by atoms with van der Waals surface area (Å²) in [6, 6.07) is 4.28. The highest BCUT2D eigenvalue weighted by molar-refractivity contribution is 5.70. The molecule has 0 aliphatic carbocycles. The monoisotopic (exact) mass is 375 g/mol. The number of rotatable bonds is 8. The average Bonchev–Trinajstić information content (AvgIpc) is 3.16. The van der Waals surface area contributed by atoms with Gasteiger partial charge in [0.05, 0.1) is 33.2 Å². The van der Waals surface area contributed by atoms with Crippen molar-refractivity contribution in [1.29, 1.82) is 0 Å². The van der Waals surface area contributed by atoms with E-state index in [1.54, 1.807) is 21.3 Å². The van der Waals surface area contributed by atoms with Crippen molar-refractivity contribution in [3.63, 3.8) is 0 Å². The highest BCUT2D eigenvalue weighted by atomic mass is 16.5. The van der Waals surface area contributed by atoms with Gasteiger partial charge in [-0.15, -0.1) is 0 Å². The van der Waals surface area contributed by atoms with Gasteiger partial charge < -0.3 is 19.3 Å². The number of likely N-dealkylation sites (tertiary alicyclic amines) is 1. The van der Waals surface area contributed by atoms with Crippen LogP contribution < -0.4 is 14.2 Å².